The number of thiophene rings is 1. The standard InChI is InChI=1S/C17H20N4S/c1-17(2,16-6-8-21(3)20-16)19-11-13-4-5-15(18-10-13)14-7-9-22-12-14/h4-10,12,19H,11H2,1-3H3. The van der Waals surface area contributed by atoms with E-state index in [1.165, 1.54) is 11.1 Å². The lowest BCUT2D eigenvalue weighted by atomic mass is 10.0. The van der Waals surface area contributed by atoms with Gasteiger partial charge in [-0.1, -0.05) is 6.07 Å². The van der Waals surface area contributed by atoms with Gasteiger partial charge >= 0.3 is 0 Å². The van der Waals surface area contributed by atoms with E-state index in [1.54, 1.807) is 11.3 Å². The monoisotopic (exact) mass is 312 g/mol. The Labute approximate surface area is 134 Å². The summed E-state index contributed by atoms with van der Waals surface area (Å²) in [6, 6.07) is 8.34. The number of hydrogen-bond donors (Lipinski definition) is 1. The number of nitrogens with one attached hydrogen (secondary N) is 1. The van der Waals surface area contributed by atoms with Gasteiger partial charge in [0.05, 0.1) is 16.9 Å². The molecule has 0 atom stereocenters. The molecule has 0 amide bonds. The van der Waals surface area contributed by atoms with Crippen molar-refractivity contribution in [1.82, 2.24) is 20.1 Å². The molecule has 0 aliphatic carbocycles. The first kappa shape index (κ1) is 14.9. The van der Waals surface area contributed by atoms with Crippen LogP contribution in [0.15, 0.2) is 47.4 Å². The van der Waals surface area contributed by atoms with Gasteiger partial charge in [0.25, 0.3) is 0 Å². The van der Waals surface area contributed by atoms with Crippen LogP contribution in [0.1, 0.15) is 25.1 Å². The largest absolute Gasteiger partial charge is 0.302 e. The molecule has 0 aromatic carbocycles. The molecule has 114 valence electrons. The van der Waals surface area contributed by atoms with Gasteiger partial charge in [0.1, 0.15) is 0 Å². The van der Waals surface area contributed by atoms with Crippen LogP contribution in [0.5, 0.6) is 0 Å². The Bertz CT molecular complexity index is 726. The van der Waals surface area contributed by atoms with Crippen molar-refractivity contribution in [3.63, 3.8) is 0 Å². The number of aryl methyl sites for hydroxylation is 1. The molecule has 3 aromatic heterocycles. The van der Waals surface area contributed by atoms with Crippen LogP contribution in [0.3, 0.4) is 0 Å². The molecule has 0 fully saturated rings. The van der Waals surface area contributed by atoms with Crippen molar-refractivity contribution in [2.45, 2.75) is 25.9 Å². The second-order valence-electron chi connectivity index (χ2n) is 5.92. The smallest absolute Gasteiger partial charge is 0.0819 e. The first-order chi connectivity index (χ1) is 10.5. The van der Waals surface area contributed by atoms with Gasteiger partial charge in [0, 0.05) is 36.9 Å². The SMILES string of the molecule is Cn1ccc(C(C)(C)NCc2ccc(-c3ccsc3)nc2)n1. The fraction of sp³-hybridized carbons (Fsp3) is 0.294. The maximum atomic E-state index is 4.55. The van der Waals surface area contributed by atoms with Crippen LogP contribution >= 0.6 is 11.3 Å². The Kier molecular flexibility index (Phi) is 4.09. The highest BCUT2D eigenvalue weighted by Crippen LogP contribution is 2.21. The van der Waals surface area contributed by atoms with E-state index in [4.69, 9.17) is 0 Å². The maximum Gasteiger partial charge on any atom is 0.0819 e. The van der Waals surface area contributed by atoms with E-state index in [0.717, 1.165) is 17.9 Å². The molecular formula is C17H20N4S. The first-order valence-electron chi connectivity index (χ1n) is 7.27. The van der Waals surface area contributed by atoms with Crippen LogP contribution in [-0.2, 0) is 19.1 Å². The molecule has 0 aliphatic rings. The van der Waals surface area contributed by atoms with Crippen molar-refractivity contribution < 1.29 is 0 Å². The molecule has 3 rings (SSSR count). The summed E-state index contributed by atoms with van der Waals surface area (Å²) >= 11 is 1.69. The summed E-state index contributed by atoms with van der Waals surface area (Å²) in [5.74, 6) is 0. The fourth-order valence-corrected chi connectivity index (χ4v) is 2.92. The Morgan fingerprint density at radius 2 is 2.09 bits per heavy atom. The molecule has 0 unspecified atom stereocenters. The average Bonchev–Trinajstić information content (AvgIpc) is 3.17. The van der Waals surface area contributed by atoms with Crippen molar-refractivity contribution in [2.24, 2.45) is 7.05 Å². The highest BCUT2D eigenvalue weighted by atomic mass is 32.1. The van der Waals surface area contributed by atoms with Crippen molar-refractivity contribution in [1.29, 1.82) is 0 Å². The van der Waals surface area contributed by atoms with Crippen LogP contribution in [0.2, 0.25) is 0 Å². The topological polar surface area (TPSA) is 42.7 Å². The lowest BCUT2D eigenvalue weighted by Crippen LogP contribution is -2.36. The van der Waals surface area contributed by atoms with E-state index in [-0.39, 0.29) is 5.54 Å². The Hall–Kier alpha value is -1.98. The second-order valence-corrected chi connectivity index (χ2v) is 6.70. The minimum atomic E-state index is -0.173. The van der Waals surface area contributed by atoms with Crippen molar-refractivity contribution in [2.75, 3.05) is 0 Å². The highest BCUT2D eigenvalue weighted by Gasteiger charge is 2.22. The van der Waals surface area contributed by atoms with Crippen LogP contribution in [-0.4, -0.2) is 14.8 Å². The minimum Gasteiger partial charge on any atom is -0.302 e. The molecule has 0 saturated carbocycles. The molecule has 1 N–H and O–H groups in total. The number of nitrogens with zero attached hydrogens (tertiary/aromatic N) is 3. The molecule has 0 aliphatic heterocycles. The molecule has 0 spiro atoms. The number of hydrogen-bond acceptors (Lipinski definition) is 4. The molecule has 22 heavy (non-hydrogen) atoms. The van der Waals surface area contributed by atoms with Gasteiger partial charge in [-0.05, 0) is 43.0 Å². The van der Waals surface area contributed by atoms with E-state index < -0.39 is 0 Å². The third-order valence-corrected chi connectivity index (χ3v) is 4.41. The van der Waals surface area contributed by atoms with Crippen LogP contribution < -0.4 is 5.32 Å². The van der Waals surface area contributed by atoms with Crippen LogP contribution in [0.25, 0.3) is 11.3 Å². The molecule has 0 bridgehead atoms. The highest BCUT2D eigenvalue weighted by molar-refractivity contribution is 7.08. The zero-order valence-corrected chi connectivity index (χ0v) is 13.9. The summed E-state index contributed by atoms with van der Waals surface area (Å²) in [6.45, 7) is 5.05. The lowest BCUT2D eigenvalue weighted by molar-refractivity contribution is 0.386. The molecular weight excluding hydrogens is 292 g/mol. The number of pyridine rings is 1. The minimum absolute atomic E-state index is 0.173. The van der Waals surface area contributed by atoms with E-state index in [0.29, 0.717) is 0 Å². The molecule has 4 nitrogen and oxygen atoms in total. The summed E-state index contributed by atoms with van der Waals surface area (Å²) in [7, 11) is 1.94. The van der Waals surface area contributed by atoms with Crippen molar-refractivity contribution >= 4 is 11.3 Å². The average molecular weight is 312 g/mol. The van der Waals surface area contributed by atoms with Gasteiger partial charge in [-0.3, -0.25) is 9.67 Å². The van der Waals surface area contributed by atoms with Crippen molar-refractivity contribution in [3.05, 3.63) is 58.7 Å². The second kappa shape index (κ2) is 6.02. The van der Waals surface area contributed by atoms with Gasteiger partial charge in [-0.15, -0.1) is 0 Å². The van der Waals surface area contributed by atoms with Gasteiger partial charge < -0.3 is 5.32 Å². The summed E-state index contributed by atoms with van der Waals surface area (Å²) in [4.78, 5) is 4.55. The lowest BCUT2D eigenvalue weighted by Gasteiger charge is -2.24. The van der Waals surface area contributed by atoms with Crippen LogP contribution in [0.4, 0.5) is 0 Å². The molecule has 0 radical (unpaired) electrons. The molecule has 0 saturated heterocycles. The summed E-state index contributed by atoms with van der Waals surface area (Å²) in [6.07, 6.45) is 3.91. The van der Waals surface area contributed by atoms with Crippen LogP contribution in [0, 0.1) is 0 Å². The zero-order chi connectivity index (χ0) is 15.6. The Morgan fingerprint density at radius 1 is 1.23 bits per heavy atom. The predicted molar refractivity (Wildman–Crippen MR) is 90.6 cm³/mol. The third-order valence-electron chi connectivity index (χ3n) is 3.73. The van der Waals surface area contributed by atoms with E-state index in [2.05, 4.69) is 58.2 Å². The fourth-order valence-electron chi connectivity index (χ4n) is 2.27. The van der Waals surface area contributed by atoms with Gasteiger partial charge in [-0.25, -0.2) is 0 Å². The Morgan fingerprint density at radius 3 is 2.68 bits per heavy atom. The molecule has 5 heteroatoms. The quantitative estimate of drug-likeness (QED) is 0.783. The predicted octanol–water partition coefficient (Wildman–Crippen LogP) is 3.57. The number of aromatic nitrogens is 3. The van der Waals surface area contributed by atoms with E-state index in [9.17, 15) is 0 Å². The summed E-state index contributed by atoms with van der Waals surface area (Å²) in [5.41, 5.74) is 4.24. The maximum absolute atomic E-state index is 4.55. The van der Waals surface area contributed by atoms with E-state index in [1.807, 2.05) is 30.2 Å². The van der Waals surface area contributed by atoms with Gasteiger partial charge in [0.15, 0.2) is 0 Å². The first-order valence-corrected chi connectivity index (χ1v) is 8.21. The zero-order valence-electron chi connectivity index (χ0n) is 13.1. The van der Waals surface area contributed by atoms with Gasteiger partial charge in [-0.2, -0.15) is 16.4 Å². The van der Waals surface area contributed by atoms with Gasteiger partial charge in [0.2, 0.25) is 0 Å². The van der Waals surface area contributed by atoms with Crippen molar-refractivity contribution in [3.8, 4) is 11.3 Å². The number of rotatable bonds is 5. The summed E-state index contributed by atoms with van der Waals surface area (Å²) < 4.78 is 1.83. The Balaban J connectivity index is 1.66. The third kappa shape index (κ3) is 3.26. The normalized spacial score (nSPS) is 11.8. The molecule has 3 aromatic rings. The molecule has 3 heterocycles. The summed E-state index contributed by atoms with van der Waals surface area (Å²) in [5, 5.41) is 12.2. The van der Waals surface area contributed by atoms with E-state index >= 15 is 0 Å².